The van der Waals surface area contributed by atoms with Gasteiger partial charge in [0.1, 0.15) is 5.76 Å². The average molecular weight is 343 g/mol. The molecule has 0 amide bonds. The van der Waals surface area contributed by atoms with E-state index in [1.807, 2.05) is 18.2 Å². The first kappa shape index (κ1) is 14.0. The predicted molar refractivity (Wildman–Crippen MR) is 77.0 cm³/mol. The Morgan fingerprint density at radius 3 is 2.63 bits per heavy atom. The van der Waals surface area contributed by atoms with E-state index in [-0.39, 0.29) is 5.75 Å². The summed E-state index contributed by atoms with van der Waals surface area (Å²) in [6.45, 7) is 0. The Labute approximate surface area is 121 Å². The maximum absolute atomic E-state index is 11.8. The van der Waals surface area contributed by atoms with E-state index < -0.39 is 16.4 Å². The van der Waals surface area contributed by atoms with Crippen molar-refractivity contribution in [3.05, 3.63) is 45.2 Å². The molecule has 1 atom stereocenters. The predicted octanol–water partition coefficient (Wildman–Crippen LogP) is 2.82. The summed E-state index contributed by atoms with van der Waals surface area (Å²) in [5.74, 6) is 0.344. The van der Waals surface area contributed by atoms with Crippen molar-refractivity contribution in [3.63, 3.8) is 0 Å². The van der Waals surface area contributed by atoms with E-state index in [1.54, 1.807) is 12.1 Å². The van der Waals surface area contributed by atoms with E-state index in [0.29, 0.717) is 10.7 Å². The number of hydrogen-bond acceptors (Lipinski definition) is 4. The van der Waals surface area contributed by atoms with Crippen LogP contribution in [0.1, 0.15) is 0 Å². The van der Waals surface area contributed by atoms with Crippen LogP contribution in [0.3, 0.4) is 0 Å². The van der Waals surface area contributed by atoms with Crippen molar-refractivity contribution in [2.75, 3.05) is 13.4 Å². The fourth-order valence-corrected chi connectivity index (χ4v) is 2.74. The molecule has 0 aliphatic rings. The lowest BCUT2D eigenvalue weighted by Gasteiger charge is -2.07. The zero-order valence-electron chi connectivity index (χ0n) is 10.3. The molecule has 0 saturated carbocycles. The first-order valence-corrected chi connectivity index (χ1v) is 7.69. The summed E-state index contributed by atoms with van der Waals surface area (Å²) in [6.07, 6.45) is 1.49. The lowest BCUT2D eigenvalue weighted by Crippen LogP contribution is -2.08. The molecule has 0 spiro atoms. The minimum atomic E-state index is -1.34. The van der Waals surface area contributed by atoms with E-state index in [0.717, 1.165) is 10.0 Å². The van der Waals surface area contributed by atoms with Crippen LogP contribution in [0.25, 0.3) is 11.3 Å². The summed E-state index contributed by atoms with van der Waals surface area (Å²) < 4.78 is 22.7. The smallest absolute Gasteiger partial charge is 0.380 e. The van der Waals surface area contributed by atoms with E-state index in [1.165, 1.54) is 13.4 Å². The molecular weight excluding hydrogens is 332 g/mol. The molecule has 0 aliphatic heterocycles. The van der Waals surface area contributed by atoms with Crippen molar-refractivity contribution in [1.82, 2.24) is 0 Å². The second-order valence-electron chi connectivity index (χ2n) is 3.76. The van der Waals surface area contributed by atoms with E-state index in [2.05, 4.69) is 15.9 Å². The van der Waals surface area contributed by atoms with Gasteiger partial charge in [-0.25, -0.2) is 4.79 Å². The molecule has 0 aliphatic carbocycles. The molecule has 0 saturated heterocycles. The molecule has 6 heteroatoms. The molecule has 100 valence electrons. The molecule has 1 aromatic carbocycles. The number of methoxy groups -OCH3 is 1. The van der Waals surface area contributed by atoms with Crippen LogP contribution in [0.4, 0.5) is 0 Å². The highest BCUT2D eigenvalue weighted by molar-refractivity contribution is 9.10. The zero-order chi connectivity index (χ0) is 14.0. The molecule has 2 rings (SSSR count). The van der Waals surface area contributed by atoms with Gasteiger partial charge in [0.15, 0.2) is 0 Å². The van der Waals surface area contributed by atoms with Crippen LogP contribution >= 0.6 is 15.9 Å². The standard InChI is InChI=1S/C13H11BrO4S/c1-17-12-11(19(2)16)7-10(18-13(12)15)8-4-3-5-9(14)6-8/h3-7H,1-2H3. The topological polar surface area (TPSA) is 56.5 Å². The maximum atomic E-state index is 11.8. The van der Waals surface area contributed by atoms with Gasteiger partial charge in [-0.2, -0.15) is 0 Å². The van der Waals surface area contributed by atoms with Gasteiger partial charge in [-0.15, -0.1) is 0 Å². The Morgan fingerprint density at radius 2 is 2.05 bits per heavy atom. The third-order valence-electron chi connectivity index (χ3n) is 2.50. The van der Waals surface area contributed by atoms with Crippen molar-refractivity contribution < 1.29 is 13.4 Å². The number of halogens is 1. The third kappa shape index (κ3) is 2.96. The molecule has 0 bridgehead atoms. The van der Waals surface area contributed by atoms with Gasteiger partial charge < -0.3 is 9.15 Å². The largest absolute Gasteiger partial charge is 0.489 e. The van der Waals surface area contributed by atoms with Crippen molar-refractivity contribution in [3.8, 4) is 17.1 Å². The first-order valence-electron chi connectivity index (χ1n) is 5.34. The second-order valence-corrected chi connectivity index (χ2v) is 6.02. The van der Waals surface area contributed by atoms with Crippen LogP contribution in [0.15, 0.2) is 48.9 Å². The highest BCUT2D eigenvalue weighted by atomic mass is 79.9. The van der Waals surface area contributed by atoms with Crippen molar-refractivity contribution >= 4 is 26.7 Å². The van der Waals surface area contributed by atoms with Crippen LogP contribution in [0, 0.1) is 0 Å². The van der Waals surface area contributed by atoms with E-state index in [9.17, 15) is 9.00 Å². The SMILES string of the molecule is COc1c(S(C)=O)cc(-c2cccc(Br)c2)oc1=O. The molecule has 1 unspecified atom stereocenters. The number of benzene rings is 1. The van der Waals surface area contributed by atoms with Gasteiger partial charge in [-0.1, -0.05) is 28.1 Å². The van der Waals surface area contributed by atoms with E-state index in [4.69, 9.17) is 9.15 Å². The molecule has 1 aromatic heterocycles. The average Bonchev–Trinajstić information content (AvgIpc) is 2.37. The van der Waals surface area contributed by atoms with Crippen LogP contribution < -0.4 is 10.4 Å². The fourth-order valence-electron chi connectivity index (χ4n) is 1.64. The molecular formula is C13H11BrO4S. The van der Waals surface area contributed by atoms with Gasteiger partial charge in [-0.05, 0) is 12.1 Å². The number of rotatable bonds is 3. The molecule has 0 radical (unpaired) electrons. The quantitative estimate of drug-likeness (QED) is 0.860. The Morgan fingerprint density at radius 1 is 1.32 bits per heavy atom. The van der Waals surface area contributed by atoms with Crippen LogP contribution in [-0.2, 0) is 10.8 Å². The Balaban J connectivity index is 2.67. The lowest BCUT2D eigenvalue weighted by atomic mass is 10.1. The highest BCUT2D eigenvalue weighted by Gasteiger charge is 2.16. The highest BCUT2D eigenvalue weighted by Crippen LogP contribution is 2.27. The number of ether oxygens (including phenoxy) is 1. The van der Waals surface area contributed by atoms with E-state index >= 15 is 0 Å². The molecule has 0 fully saturated rings. The lowest BCUT2D eigenvalue weighted by molar-refractivity contribution is 0.367. The van der Waals surface area contributed by atoms with Crippen LogP contribution in [0.2, 0.25) is 0 Å². The van der Waals surface area contributed by atoms with Gasteiger partial charge in [0.05, 0.1) is 22.8 Å². The summed E-state index contributed by atoms with van der Waals surface area (Å²) in [7, 11) is 0.0118. The van der Waals surface area contributed by atoms with Crippen molar-refractivity contribution in [2.24, 2.45) is 0 Å². The second kappa shape index (κ2) is 5.71. The third-order valence-corrected chi connectivity index (χ3v) is 3.91. The zero-order valence-corrected chi connectivity index (χ0v) is 12.7. The Kier molecular flexibility index (Phi) is 4.21. The van der Waals surface area contributed by atoms with Crippen molar-refractivity contribution in [1.29, 1.82) is 0 Å². The summed E-state index contributed by atoms with van der Waals surface area (Å²) in [5.41, 5.74) is 0.0889. The van der Waals surface area contributed by atoms with Gasteiger partial charge in [-0.3, -0.25) is 4.21 Å². The van der Waals surface area contributed by atoms with Crippen LogP contribution in [0.5, 0.6) is 5.75 Å². The molecule has 2 aromatic rings. The summed E-state index contributed by atoms with van der Waals surface area (Å²) >= 11 is 3.35. The van der Waals surface area contributed by atoms with Gasteiger partial charge in [0, 0.05) is 22.4 Å². The normalized spacial score (nSPS) is 12.2. The van der Waals surface area contributed by atoms with Gasteiger partial charge in [0.2, 0.25) is 5.75 Å². The molecule has 0 N–H and O–H groups in total. The molecule has 4 nitrogen and oxygen atoms in total. The minimum Gasteiger partial charge on any atom is -0.489 e. The first-order chi connectivity index (χ1) is 9.02. The number of hydrogen-bond donors (Lipinski definition) is 0. The Hall–Kier alpha value is -1.40. The maximum Gasteiger partial charge on any atom is 0.380 e. The minimum absolute atomic E-state index is 0.0143. The van der Waals surface area contributed by atoms with Gasteiger partial charge >= 0.3 is 5.63 Å². The molecule has 19 heavy (non-hydrogen) atoms. The summed E-state index contributed by atoms with van der Waals surface area (Å²) in [4.78, 5) is 12.1. The Bertz CT molecular complexity index is 693. The summed E-state index contributed by atoms with van der Waals surface area (Å²) in [5, 5.41) is 0. The fraction of sp³-hybridized carbons (Fsp3) is 0.154. The molecule has 1 heterocycles. The summed E-state index contributed by atoms with van der Waals surface area (Å²) in [6, 6.07) is 8.87. The van der Waals surface area contributed by atoms with Gasteiger partial charge in [0.25, 0.3) is 0 Å². The monoisotopic (exact) mass is 342 g/mol. The van der Waals surface area contributed by atoms with Crippen molar-refractivity contribution in [2.45, 2.75) is 4.90 Å². The van der Waals surface area contributed by atoms with Crippen LogP contribution in [-0.4, -0.2) is 17.6 Å².